The first-order valence-corrected chi connectivity index (χ1v) is 10.4. The number of rotatable bonds is 5. The Morgan fingerprint density at radius 2 is 1.93 bits per heavy atom. The van der Waals surface area contributed by atoms with Crippen molar-refractivity contribution in [2.24, 2.45) is 19.1 Å². The Bertz CT molecular complexity index is 1230. The zero-order chi connectivity index (χ0) is 20.7. The third-order valence-corrected chi connectivity index (χ3v) is 6.32. The van der Waals surface area contributed by atoms with E-state index in [-0.39, 0.29) is 10.5 Å². The molecule has 1 aliphatic rings. The van der Waals surface area contributed by atoms with Crippen molar-refractivity contribution in [3.63, 3.8) is 0 Å². The zero-order valence-electron chi connectivity index (χ0n) is 16.3. The van der Waals surface area contributed by atoms with Crippen LogP contribution in [0.25, 0.3) is 11.2 Å². The van der Waals surface area contributed by atoms with Crippen molar-refractivity contribution in [1.29, 1.82) is 0 Å². The van der Waals surface area contributed by atoms with Gasteiger partial charge in [-0.05, 0) is 42.8 Å². The van der Waals surface area contributed by atoms with Gasteiger partial charge in [-0.3, -0.25) is 18.9 Å². The Hall–Kier alpha value is -2.52. The molecule has 1 unspecified atom stereocenters. The van der Waals surface area contributed by atoms with Gasteiger partial charge in [0.15, 0.2) is 11.2 Å². The fraction of sp³-hybridized carbons (Fsp3) is 0.368. The second-order valence-corrected chi connectivity index (χ2v) is 8.34. The lowest BCUT2D eigenvalue weighted by Crippen LogP contribution is -2.37. The highest BCUT2D eigenvalue weighted by atomic mass is 35.5. The van der Waals surface area contributed by atoms with Crippen molar-refractivity contribution in [3.8, 4) is 5.75 Å². The third kappa shape index (κ3) is 3.49. The number of aromatic nitrogens is 4. The molecule has 4 rings (SSSR count). The summed E-state index contributed by atoms with van der Waals surface area (Å²) in [5, 5.41) is 1.24. The standard InChI is InChI=1S/C19H20ClN5O3S/c1-4-28-12-7-5-11(6-8-12)16-21-9-13(29-16)10-25-14-15(22-18(25)20)23(2)19(27)24(3)17(14)26/h5-8,13H,4,9-10H2,1-3H3. The van der Waals surface area contributed by atoms with Crippen molar-refractivity contribution in [3.05, 3.63) is 56.0 Å². The van der Waals surface area contributed by atoms with Gasteiger partial charge >= 0.3 is 5.69 Å². The number of halogens is 1. The summed E-state index contributed by atoms with van der Waals surface area (Å²) >= 11 is 7.96. The van der Waals surface area contributed by atoms with Crippen LogP contribution in [0.4, 0.5) is 0 Å². The van der Waals surface area contributed by atoms with Crippen LogP contribution in [0.15, 0.2) is 38.8 Å². The molecule has 3 aromatic rings. The molecular formula is C19H20ClN5O3S. The minimum atomic E-state index is -0.430. The number of thioether (sulfide) groups is 1. The van der Waals surface area contributed by atoms with Crippen molar-refractivity contribution in [2.45, 2.75) is 18.7 Å². The van der Waals surface area contributed by atoms with Gasteiger partial charge in [-0.1, -0.05) is 11.8 Å². The van der Waals surface area contributed by atoms with E-state index in [0.717, 1.165) is 20.9 Å². The Kier molecular flexibility index (Phi) is 5.26. The average molecular weight is 434 g/mol. The maximum atomic E-state index is 12.7. The summed E-state index contributed by atoms with van der Waals surface area (Å²) in [5.74, 6) is 0.828. The van der Waals surface area contributed by atoms with Crippen LogP contribution in [-0.2, 0) is 20.6 Å². The number of nitrogens with zero attached hydrogens (tertiary/aromatic N) is 5. The van der Waals surface area contributed by atoms with E-state index in [1.165, 1.54) is 11.6 Å². The van der Waals surface area contributed by atoms with Crippen molar-refractivity contribution < 1.29 is 4.74 Å². The second kappa shape index (κ2) is 7.72. The van der Waals surface area contributed by atoms with Crippen LogP contribution in [-0.4, -0.2) is 42.1 Å². The number of ether oxygens (including phenoxy) is 1. The van der Waals surface area contributed by atoms with Gasteiger partial charge in [0, 0.05) is 31.5 Å². The molecule has 1 atom stereocenters. The Labute approximate surface area is 175 Å². The monoisotopic (exact) mass is 433 g/mol. The van der Waals surface area contributed by atoms with Gasteiger partial charge in [-0.2, -0.15) is 4.98 Å². The van der Waals surface area contributed by atoms with Gasteiger partial charge in [0.25, 0.3) is 5.56 Å². The molecule has 0 radical (unpaired) electrons. The van der Waals surface area contributed by atoms with Gasteiger partial charge < -0.3 is 9.30 Å². The summed E-state index contributed by atoms with van der Waals surface area (Å²) in [6.07, 6.45) is 0. The molecule has 1 aliphatic heterocycles. The van der Waals surface area contributed by atoms with Gasteiger partial charge in [0.05, 0.1) is 18.2 Å². The first-order chi connectivity index (χ1) is 13.9. The SMILES string of the molecule is CCOc1ccc(C2=NCC(Cn3c(Cl)nc4c3c(=O)n(C)c(=O)n4C)S2)cc1. The van der Waals surface area contributed by atoms with Crippen molar-refractivity contribution in [1.82, 2.24) is 18.7 Å². The fourth-order valence-corrected chi connectivity index (χ4v) is 4.67. The van der Waals surface area contributed by atoms with Crippen LogP contribution >= 0.6 is 23.4 Å². The molecule has 29 heavy (non-hydrogen) atoms. The van der Waals surface area contributed by atoms with E-state index < -0.39 is 11.2 Å². The molecule has 0 saturated carbocycles. The van der Waals surface area contributed by atoms with Crippen LogP contribution in [0, 0.1) is 0 Å². The highest BCUT2D eigenvalue weighted by Crippen LogP contribution is 2.29. The van der Waals surface area contributed by atoms with E-state index in [1.807, 2.05) is 31.2 Å². The quantitative estimate of drug-likeness (QED) is 0.575. The molecule has 8 nitrogen and oxygen atoms in total. The summed E-state index contributed by atoms with van der Waals surface area (Å²) in [5.41, 5.74) is 0.813. The highest BCUT2D eigenvalue weighted by molar-refractivity contribution is 8.15. The fourth-order valence-electron chi connectivity index (χ4n) is 3.32. The molecule has 0 N–H and O–H groups in total. The number of hydrogen-bond acceptors (Lipinski definition) is 6. The number of hydrogen-bond donors (Lipinski definition) is 0. The predicted octanol–water partition coefficient (Wildman–Crippen LogP) is 2.05. The third-order valence-electron chi connectivity index (χ3n) is 4.82. The van der Waals surface area contributed by atoms with E-state index >= 15 is 0 Å². The molecule has 152 valence electrons. The topological polar surface area (TPSA) is 83.4 Å². The predicted molar refractivity (Wildman–Crippen MR) is 116 cm³/mol. The minimum absolute atomic E-state index is 0.105. The van der Waals surface area contributed by atoms with E-state index in [2.05, 4.69) is 9.98 Å². The lowest BCUT2D eigenvalue weighted by Gasteiger charge is -2.12. The van der Waals surface area contributed by atoms with Crippen molar-refractivity contribution in [2.75, 3.05) is 13.2 Å². The number of aliphatic imine (C=N–C) groups is 1. The van der Waals surface area contributed by atoms with Crippen LogP contribution in [0.5, 0.6) is 5.75 Å². The van der Waals surface area contributed by atoms with E-state index in [0.29, 0.717) is 30.9 Å². The van der Waals surface area contributed by atoms with Crippen LogP contribution in [0.2, 0.25) is 5.28 Å². The number of benzene rings is 1. The molecule has 2 aromatic heterocycles. The molecule has 10 heteroatoms. The summed E-state index contributed by atoms with van der Waals surface area (Å²) < 4.78 is 9.56. The molecule has 0 bridgehead atoms. The molecule has 1 aromatic carbocycles. The number of aryl methyl sites for hydroxylation is 1. The van der Waals surface area contributed by atoms with E-state index in [4.69, 9.17) is 16.3 Å². The lowest BCUT2D eigenvalue weighted by atomic mass is 10.2. The smallest absolute Gasteiger partial charge is 0.332 e. The summed E-state index contributed by atoms with van der Waals surface area (Å²) in [4.78, 5) is 33.7. The molecule has 0 spiro atoms. The molecule has 3 heterocycles. The maximum absolute atomic E-state index is 12.7. The number of fused-ring (bicyclic) bond motifs is 1. The van der Waals surface area contributed by atoms with Crippen molar-refractivity contribution >= 4 is 39.6 Å². The normalized spacial score (nSPS) is 16.4. The van der Waals surface area contributed by atoms with Gasteiger partial charge in [0.2, 0.25) is 5.28 Å². The Morgan fingerprint density at radius 1 is 1.21 bits per heavy atom. The zero-order valence-corrected chi connectivity index (χ0v) is 17.8. The van der Waals surface area contributed by atoms with Gasteiger partial charge in [-0.25, -0.2) is 4.79 Å². The minimum Gasteiger partial charge on any atom is -0.494 e. The summed E-state index contributed by atoms with van der Waals surface area (Å²) in [6, 6.07) is 7.84. The van der Waals surface area contributed by atoms with Gasteiger partial charge in [-0.15, -0.1) is 0 Å². The van der Waals surface area contributed by atoms with Crippen LogP contribution in [0.1, 0.15) is 12.5 Å². The maximum Gasteiger partial charge on any atom is 0.332 e. The van der Waals surface area contributed by atoms with Gasteiger partial charge in [0.1, 0.15) is 5.75 Å². The molecule has 0 saturated heterocycles. The summed E-state index contributed by atoms with van der Waals surface area (Å²) in [7, 11) is 3.03. The van der Waals surface area contributed by atoms with E-state index in [9.17, 15) is 9.59 Å². The van der Waals surface area contributed by atoms with Crippen LogP contribution < -0.4 is 16.0 Å². The molecular weight excluding hydrogens is 414 g/mol. The largest absolute Gasteiger partial charge is 0.494 e. The summed E-state index contributed by atoms with van der Waals surface area (Å²) in [6.45, 7) is 3.65. The second-order valence-electron chi connectivity index (χ2n) is 6.71. The van der Waals surface area contributed by atoms with E-state index in [1.54, 1.807) is 23.4 Å². The molecule has 0 amide bonds. The number of imidazole rings is 1. The average Bonchev–Trinajstić information content (AvgIpc) is 3.31. The lowest BCUT2D eigenvalue weighted by molar-refractivity contribution is 0.340. The first kappa shape index (κ1) is 19.8. The molecule has 0 aliphatic carbocycles. The Balaban J connectivity index is 1.59. The van der Waals surface area contributed by atoms with Crippen LogP contribution in [0.3, 0.4) is 0 Å². The Morgan fingerprint density at radius 3 is 2.62 bits per heavy atom. The first-order valence-electron chi connectivity index (χ1n) is 9.16. The molecule has 0 fully saturated rings. The highest BCUT2D eigenvalue weighted by Gasteiger charge is 2.25.